The van der Waals surface area contributed by atoms with Crippen LogP contribution in [0.4, 0.5) is 17.6 Å². The number of carboxylic acids is 1. The van der Waals surface area contributed by atoms with Gasteiger partial charge in [0.25, 0.3) is 0 Å². The highest BCUT2D eigenvalue weighted by Gasteiger charge is 2.36. The third kappa shape index (κ3) is 6.28. The highest BCUT2D eigenvalue weighted by molar-refractivity contribution is 7.12. The van der Waals surface area contributed by atoms with Crippen LogP contribution in [0, 0.1) is 5.82 Å². The summed E-state index contributed by atoms with van der Waals surface area (Å²) in [6, 6.07) is 13.9. The summed E-state index contributed by atoms with van der Waals surface area (Å²) < 4.78 is 60.1. The fraction of sp³-hybridized carbons (Fsp3) is 0.227. The molecule has 2 N–H and O–H groups in total. The van der Waals surface area contributed by atoms with E-state index >= 15 is 0 Å². The van der Waals surface area contributed by atoms with Crippen LogP contribution in [0.2, 0.25) is 0 Å². The van der Waals surface area contributed by atoms with Crippen LogP contribution < -0.4 is 10.1 Å². The molecule has 0 amide bonds. The molecule has 0 aliphatic heterocycles. The van der Waals surface area contributed by atoms with Gasteiger partial charge in [0.2, 0.25) is 0 Å². The van der Waals surface area contributed by atoms with Crippen molar-refractivity contribution in [2.75, 3.05) is 6.54 Å². The van der Waals surface area contributed by atoms with E-state index in [0.717, 1.165) is 0 Å². The van der Waals surface area contributed by atoms with Gasteiger partial charge in [0, 0.05) is 23.5 Å². The number of ether oxygens (including phenoxy) is 1. The molecule has 3 rings (SSSR count). The van der Waals surface area contributed by atoms with Crippen LogP contribution >= 0.6 is 11.3 Å². The molecule has 0 saturated heterocycles. The van der Waals surface area contributed by atoms with Gasteiger partial charge in [-0.2, -0.15) is 13.2 Å². The molecule has 4 nitrogen and oxygen atoms in total. The van der Waals surface area contributed by atoms with Crippen LogP contribution in [0.25, 0.3) is 11.1 Å². The molecule has 0 radical (unpaired) electrons. The van der Waals surface area contributed by atoms with E-state index in [2.05, 4.69) is 5.32 Å². The van der Waals surface area contributed by atoms with Crippen LogP contribution in [0.5, 0.6) is 5.75 Å². The highest BCUT2D eigenvalue weighted by atomic mass is 32.1. The zero-order chi connectivity index (χ0) is 22.4. The van der Waals surface area contributed by atoms with Crippen molar-refractivity contribution in [1.82, 2.24) is 5.32 Å². The molecule has 0 aliphatic carbocycles. The van der Waals surface area contributed by atoms with Gasteiger partial charge in [-0.25, -0.2) is 4.39 Å². The minimum atomic E-state index is -4.51. The number of alkyl halides is 3. The van der Waals surface area contributed by atoms with Gasteiger partial charge >= 0.3 is 12.1 Å². The first-order valence-corrected chi connectivity index (χ1v) is 10.1. The first kappa shape index (κ1) is 22.8. The zero-order valence-corrected chi connectivity index (χ0v) is 17.0. The lowest BCUT2D eigenvalue weighted by atomic mass is 10.1. The average Bonchev–Trinajstić information content (AvgIpc) is 3.16. The quantitative estimate of drug-likeness (QED) is 0.322. The van der Waals surface area contributed by atoms with Gasteiger partial charge in [-0.1, -0.05) is 36.4 Å². The first-order chi connectivity index (χ1) is 14.7. The Bertz CT molecular complexity index is 1030. The van der Waals surface area contributed by atoms with Crippen molar-refractivity contribution in [2.24, 2.45) is 0 Å². The summed E-state index contributed by atoms with van der Waals surface area (Å²) in [5, 5.41) is 11.5. The fourth-order valence-corrected chi connectivity index (χ4v) is 3.86. The Morgan fingerprint density at radius 3 is 2.48 bits per heavy atom. The molecule has 3 aromatic rings. The Hall–Kier alpha value is -2.91. The Morgan fingerprint density at radius 2 is 1.84 bits per heavy atom. The molecule has 0 unspecified atom stereocenters. The van der Waals surface area contributed by atoms with Crippen molar-refractivity contribution in [3.8, 4) is 16.9 Å². The molecule has 0 saturated carbocycles. The predicted molar refractivity (Wildman–Crippen MR) is 109 cm³/mol. The normalized spacial score (nSPS) is 11.5. The predicted octanol–water partition coefficient (Wildman–Crippen LogP) is 5.72. The maximum absolute atomic E-state index is 14.3. The van der Waals surface area contributed by atoms with Crippen molar-refractivity contribution < 1.29 is 32.2 Å². The number of carbonyl (C=O) groups is 1. The summed E-state index contributed by atoms with van der Waals surface area (Å²) in [4.78, 5) is 10.1. The van der Waals surface area contributed by atoms with Crippen molar-refractivity contribution >= 4 is 17.3 Å². The van der Waals surface area contributed by atoms with Crippen LogP contribution in [0.3, 0.4) is 0 Å². The largest absolute Gasteiger partial charge is 0.485 e. The van der Waals surface area contributed by atoms with Crippen LogP contribution in [0.15, 0.2) is 54.6 Å². The SMILES string of the molecule is O=C(O)CCNCc1ccc(OCc2cc(-c3ccccc3)c(C(F)(F)F)s2)c(F)c1. The maximum Gasteiger partial charge on any atom is 0.426 e. The smallest absolute Gasteiger partial charge is 0.426 e. The summed E-state index contributed by atoms with van der Waals surface area (Å²) in [7, 11) is 0. The fourth-order valence-electron chi connectivity index (χ4n) is 2.90. The van der Waals surface area contributed by atoms with E-state index in [1.54, 1.807) is 36.4 Å². The average molecular weight is 453 g/mol. The highest BCUT2D eigenvalue weighted by Crippen LogP contribution is 2.43. The maximum atomic E-state index is 14.3. The van der Waals surface area contributed by atoms with E-state index in [1.807, 2.05) is 0 Å². The second-order valence-corrected chi connectivity index (χ2v) is 7.83. The molecule has 9 heteroatoms. The Kier molecular flexibility index (Phi) is 7.29. The Morgan fingerprint density at radius 1 is 1.10 bits per heavy atom. The number of rotatable bonds is 9. The number of thiophene rings is 1. The van der Waals surface area contributed by atoms with Gasteiger partial charge in [0.05, 0.1) is 6.42 Å². The third-order valence-electron chi connectivity index (χ3n) is 4.34. The Labute approximate surface area is 180 Å². The zero-order valence-electron chi connectivity index (χ0n) is 16.2. The standard InChI is InChI=1S/C22H19F4NO3S/c23-18-10-14(12-27-9-8-20(28)29)6-7-19(18)30-13-16-11-17(15-4-2-1-3-5-15)21(31-16)22(24,25)26/h1-7,10-11,27H,8-9,12-13H2,(H,28,29). The lowest BCUT2D eigenvalue weighted by Crippen LogP contribution is -2.17. The minimum absolute atomic E-state index is 0.0463. The van der Waals surface area contributed by atoms with E-state index < -0.39 is 22.8 Å². The number of aliphatic carboxylic acids is 1. The molecular weight excluding hydrogens is 434 g/mol. The second-order valence-electron chi connectivity index (χ2n) is 6.69. The molecule has 31 heavy (non-hydrogen) atoms. The number of hydrogen-bond donors (Lipinski definition) is 2. The van der Waals surface area contributed by atoms with E-state index in [4.69, 9.17) is 9.84 Å². The summed E-state index contributed by atoms with van der Waals surface area (Å²) in [6.07, 6.45) is -4.55. The molecular formula is C22H19F4NO3S. The minimum Gasteiger partial charge on any atom is -0.485 e. The molecule has 164 valence electrons. The third-order valence-corrected chi connectivity index (χ3v) is 5.49. The summed E-state index contributed by atoms with van der Waals surface area (Å²) in [6.45, 7) is 0.331. The number of nitrogens with one attached hydrogen (secondary N) is 1. The van der Waals surface area contributed by atoms with Crippen LogP contribution in [-0.4, -0.2) is 17.6 Å². The number of halogens is 4. The monoisotopic (exact) mass is 453 g/mol. The summed E-state index contributed by atoms with van der Waals surface area (Å²) >= 11 is 0.575. The van der Waals surface area contributed by atoms with Crippen molar-refractivity contribution in [3.63, 3.8) is 0 Å². The molecule has 0 atom stereocenters. The molecule has 0 aliphatic rings. The molecule has 0 fully saturated rings. The molecule has 1 heterocycles. The van der Waals surface area contributed by atoms with Gasteiger partial charge in [0.1, 0.15) is 11.5 Å². The van der Waals surface area contributed by atoms with E-state index in [9.17, 15) is 22.4 Å². The number of benzene rings is 2. The molecule has 0 spiro atoms. The van der Waals surface area contributed by atoms with Gasteiger partial charge in [0.15, 0.2) is 11.6 Å². The Balaban J connectivity index is 1.68. The van der Waals surface area contributed by atoms with Crippen molar-refractivity contribution in [3.05, 3.63) is 75.7 Å². The van der Waals surface area contributed by atoms with Gasteiger partial charge < -0.3 is 15.2 Å². The van der Waals surface area contributed by atoms with E-state index in [-0.39, 0.29) is 37.4 Å². The lowest BCUT2D eigenvalue weighted by molar-refractivity contribution is -0.137. The lowest BCUT2D eigenvalue weighted by Gasteiger charge is -2.08. The van der Waals surface area contributed by atoms with Gasteiger partial charge in [-0.05, 0) is 29.3 Å². The summed E-state index contributed by atoms with van der Waals surface area (Å²) in [5.41, 5.74) is 1.11. The van der Waals surface area contributed by atoms with E-state index in [0.29, 0.717) is 27.3 Å². The van der Waals surface area contributed by atoms with E-state index in [1.165, 1.54) is 18.2 Å². The molecule has 2 aromatic carbocycles. The van der Waals surface area contributed by atoms with Gasteiger partial charge in [-0.3, -0.25) is 4.79 Å². The molecule has 1 aromatic heterocycles. The van der Waals surface area contributed by atoms with Crippen LogP contribution in [0.1, 0.15) is 21.7 Å². The first-order valence-electron chi connectivity index (χ1n) is 9.33. The summed E-state index contributed by atoms with van der Waals surface area (Å²) in [5.74, 6) is -1.65. The second kappa shape index (κ2) is 9.93. The number of hydrogen-bond acceptors (Lipinski definition) is 4. The van der Waals surface area contributed by atoms with Crippen molar-refractivity contribution in [1.29, 1.82) is 0 Å². The molecule has 0 bridgehead atoms. The van der Waals surface area contributed by atoms with Crippen LogP contribution in [-0.2, 0) is 24.1 Å². The topological polar surface area (TPSA) is 58.6 Å². The van der Waals surface area contributed by atoms with Gasteiger partial charge in [-0.15, -0.1) is 11.3 Å². The van der Waals surface area contributed by atoms with Crippen molar-refractivity contribution in [2.45, 2.75) is 25.7 Å². The number of carboxylic acid groups (broad SMARTS) is 1.